The fraction of sp³-hybridized carbons (Fsp3) is 0.824. The largest absolute Gasteiger partial charge is 0.393 e. The van der Waals surface area contributed by atoms with Crippen molar-refractivity contribution in [2.45, 2.75) is 123 Å². The first-order valence-electron chi connectivity index (χ1n) is 16.5. The average Bonchev–Trinajstić information content (AvgIpc) is 3.31. The van der Waals surface area contributed by atoms with Gasteiger partial charge in [0.15, 0.2) is 0 Å². The minimum Gasteiger partial charge on any atom is -0.393 e. The molecule has 0 bridgehead atoms. The summed E-state index contributed by atoms with van der Waals surface area (Å²) < 4.78 is 0. The van der Waals surface area contributed by atoms with Gasteiger partial charge in [-0.1, -0.05) is 32.0 Å². The first-order valence-corrected chi connectivity index (χ1v) is 16.5. The lowest BCUT2D eigenvalue weighted by atomic mass is 9.44. The minimum absolute atomic E-state index is 0.0807. The van der Waals surface area contributed by atoms with Crippen LogP contribution in [0.5, 0.6) is 0 Å². The number of rotatable bonds is 12. The van der Waals surface area contributed by atoms with Crippen molar-refractivity contribution < 1.29 is 14.7 Å². The van der Waals surface area contributed by atoms with Crippen molar-refractivity contribution in [3.8, 4) is 12.3 Å². The number of hydrogen-bond acceptors (Lipinski definition) is 4. The highest BCUT2D eigenvalue weighted by Gasteiger charge is 2.60. The molecule has 0 aromatic heterocycles. The maximum Gasteiger partial charge on any atom is 0.245 e. The SMILES string of the molecule is C#CCC(NC(=O)C=CCCC(C)C1CCC2C3CCC4CC(O)CCC4(C)C3CCC12C)NC(=O)CCCN=[N+]=[N-]. The number of aliphatic hydroxyl groups excluding tert-OH is 1. The van der Waals surface area contributed by atoms with Gasteiger partial charge in [0.05, 0.1) is 6.10 Å². The van der Waals surface area contributed by atoms with E-state index in [0.717, 1.165) is 49.4 Å². The predicted molar refractivity (Wildman–Crippen MR) is 166 cm³/mol. The molecule has 8 nitrogen and oxygen atoms in total. The molecule has 0 radical (unpaired) electrons. The lowest BCUT2D eigenvalue weighted by Gasteiger charge is -2.61. The zero-order valence-corrected chi connectivity index (χ0v) is 26.1. The summed E-state index contributed by atoms with van der Waals surface area (Å²) in [5.41, 5.74) is 9.18. The van der Waals surface area contributed by atoms with Crippen LogP contribution in [0.3, 0.4) is 0 Å². The Morgan fingerprint density at radius 1 is 1.12 bits per heavy atom. The Labute approximate surface area is 252 Å². The highest BCUT2D eigenvalue weighted by Crippen LogP contribution is 2.68. The number of amides is 2. The van der Waals surface area contributed by atoms with Crippen molar-refractivity contribution in [1.82, 2.24) is 10.6 Å². The Morgan fingerprint density at radius 3 is 2.64 bits per heavy atom. The topological polar surface area (TPSA) is 127 Å². The molecule has 10 atom stereocenters. The summed E-state index contributed by atoms with van der Waals surface area (Å²) in [6, 6.07) is 0. The normalized spacial score (nSPS) is 36.8. The van der Waals surface area contributed by atoms with Gasteiger partial charge < -0.3 is 15.7 Å². The third kappa shape index (κ3) is 7.17. The summed E-state index contributed by atoms with van der Waals surface area (Å²) in [5, 5.41) is 19.3. The molecule has 4 aliphatic carbocycles. The Morgan fingerprint density at radius 2 is 1.88 bits per heavy atom. The molecule has 10 unspecified atom stereocenters. The molecule has 0 saturated heterocycles. The molecule has 0 aromatic rings. The van der Waals surface area contributed by atoms with Crippen LogP contribution in [0.25, 0.3) is 10.4 Å². The van der Waals surface area contributed by atoms with Crippen LogP contribution in [0.4, 0.5) is 0 Å². The van der Waals surface area contributed by atoms with Gasteiger partial charge >= 0.3 is 0 Å². The van der Waals surface area contributed by atoms with Gasteiger partial charge in [-0.05, 0) is 135 Å². The summed E-state index contributed by atoms with van der Waals surface area (Å²) in [5.74, 6) is 6.57. The molecule has 4 aliphatic rings. The fourth-order valence-corrected chi connectivity index (χ4v) is 10.1. The fourth-order valence-electron chi connectivity index (χ4n) is 10.1. The number of nitrogens with zero attached hydrogens (tertiary/aromatic N) is 3. The van der Waals surface area contributed by atoms with Gasteiger partial charge in [0.2, 0.25) is 11.8 Å². The van der Waals surface area contributed by atoms with E-state index in [9.17, 15) is 14.7 Å². The molecule has 0 aromatic carbocycles. The first kappa shape index (κ1) is 32.4. The van der Waals surface area contributed by atoms with Crippen LogP contribution in [-0.4, -0.2) is 35.7 Å². The van der Waals surface area contributed by atoms with Gasteiger partial charge in [0.1, 0.15) is 6.17 Å². The van der Waals surface area contributed by atoms with Crippen LogP contribution in [0.2, 0.25) is 0 Å². The van der Waals surface area contributed by atoms with E-state index in [4.69, 9.17) is 12.0 Å². The van der Waals surface area contributed by atoms with Gasteiger partial charge in [0, 0.05) is 24.3 Å². The zero-order chi connectivity index (χ0) is 30.3. The number of carbonyl (C=O) groups is 2. The van der Waals surface area contributed by atoms with E-state index in [2.05, 4.69) is 47.4 Å². The quantitative estimate of drug-likeness (QED) is 0.0455. The molecule has 8 heteroatoms. The number of aliphatic hydroxyl groups is 1. The third-order valence-corrected chi connectivity index (χ3v) is 12.2. The highest BCUT2D eigenvalue weighted by atomic mass is 16.3. The molecule has 0 aliphatic heterocycles. The molecule has 0 spiro atoms. The van der Waals surface area contributed by atoms with Gasteiger partial charge in [0.25, 0.3) is 0 Å². The van der Waals surface area contributed by atoms with Crippen LogP contribution in [0, 0.1) is 58.7 Å². The van der Waals surface area contributed by atoms with Gasteiger partial charge in [-0.15, -0.1) is 12.3 Å². The molecule has 3 N–H and O–H groups in total. The van der Waals surface area contributed by atoms with E-state index in [0.29, 0.717) is 29.1 Å². The lowest BCUT2D eigenvalue weighted by Crippen LogP contribution is -2.54. The number of nitrogens with one attached hydrogen (secondary N) is 2. The average molecular weight is 580 g/mol. The van der Waals surface area contributed by atoms with Gasteiger partial charge in [-0.3, -0.25) is 9.59 Å². The van der Waals surface area contributed by atoms with Crippen molar-refractivity contribution in [1.29, 1.82) is 0 Å². The maximum absolute atomic E-state index is 12.5. The van der Waals surface area contributed by atoms with Gasteiger partial charge in [-0.25, -0.2) is 0 Å². The van der Waals surface area contributed by atoms with Crippen molar-refractivity contribution >= 4 is 11.8 Å². The predicted octanol–water partition coefficient (Wildman–Crippen LogP) is 6.65. The summed E-state index contributed by atoms with van der Waals surface area (Å²) in [4.78, 5) is 27.4. The number of carbonyl (C=O) groups excluding carboxylic acids is 2. The van der Waals surface area contributed by atoms with Crippen LogP contribution in [0.15, 0.2) is 17.3 Å². The zero-order valence-electron chi connectivity index (χ0n) is 26.1. The van der Waals surface area contributed by atoms with Crippen LogP contribution in [0.1, 0.15) is 111 Å². The standard InChI is InChI=1S/C34H53N5O3/c1-5-9-30(38-32(42)12-8-21-36-39-35)37-31(41)11-7-6-10-23(2)27-15-16-28-26-14-13-24-22-25(40)17-19-33(24,3)29(26)18-20-34(27,28)4/h1,7,11,23-30,40H,6,8-10,12-22H2,2-4H3,(H,37,41)(H,38,42). The van der Waals surface area contributed by atoms with E-state index < -0.39 is 6.17 Å². The van der Waals surface area contributed by atoms with Crippen LogP contribution in [-0.2, 0) is 9.59 Å². The maximum atomic E-state index is 12.5. The van der Waals surface area contributed by atoms with E-state index in [1.807, 2.05) is 6.08 Å². The van der Waals surface area contributed by atoms with E-state index >= 15 is 0 Å². The van der Waals surface area contributed by atoms with Crippen LogP contribution < -0.4 is 10.6 Å². The minimum atomic E-state index is -0.625. The molecule has 232 valence electrons. The first-order chi connectivity index (χ1) is 20.1. The second-order valence-electron chi connectivity index (χ2n) is 14.4. The smallest absolute Gasteiger partial charge is 0.245 e. The number of azide groups is 1. The second-order valence-corrected chi connectivity index (χ2v) is 14.4. The summed E-state index contributed by atoms with van der Waals surface area (Å²) >= 11 is 0. The van der Waals surface area contributed by atoms with Crippen molar-refractivity contribution in [2.24, 2.45) is 51.5 Å². The highest BCUT2D eigenvalue weighted by molar-refractivity contribution is 5.88. The molecule has 4 fully saturated rings. The molecule has 42 heavy (non-hydrogen) atoms. The Kier molecular flexibility index (Phi) is 11.1. The summed E-state index contributed by atoms with van der Waals surface area (Å²) in [6.07, 6.45) is 22.3. The molecule has 4 saturated carbocycles. The van der Waals surface area contributed by atoms with Gasteiger partial charge in [-0.2, -0.15) is 0 Å². The number of terminal acetylenes is 1. The summed E-state index contributed by atoms with van der Waals surface area (Å²) in [7, 11) is 0. The molecular formula is C34H53N5O3. The molecule has 4 rings (SSSR count). The molecule has 0 heterocycles. The lowest BCUT2D eigenvalue weighted by molar-refractivity contribution is -0.129. The number of hydrogen-bond donors (Lipinski definition) is 3. The Balaban J connectivity index is 1.25. The number of allylic oxidation sites excluding steroid dienone is 1. The Bertz CT molecular complexity index is 1080. The van der Waals surface area contributed by atoms with Crippen molar-refractivity contribution in [2.75, 3.05) is 6.54 Å². The molecular weight excluding hydrogens is 526 g/mol. The Hall–Kier alpha value is -2.49. The van der Waals surface area contributed by atoms with E-state index in [-0.39, 0.29) is 37.3 Å². The number of fused-ring (bicyclic) bond motifs is 5. The molecule has 2 amide bonds. The van der Waals surface area contributed by atoms with E-state index in [1.165, 1.54) is 44.9 Å². The monoisotopic (exact) mass is 579 g/mol. The van der Waals surface area contributed by atoms with E-state index in [1.54, 1.807) is 6.08 Å². The van der Waals surface area contributed by atoms with Crippen molar-refractivity contribution in [3.63, 3.8) is 0 Å². The third-order valence-electron chi connectivity index (χ3n) is 12.2. The van der Waals surface area contributed by atoms with Crippen LogP contribution >= 0.6 is 0 Å². The van der Waals surface area contributed by atoms with Crippen molar-refractivity contribution in [3.05, 3.63) is 22.6 Å². The summed E-state index contributed by atoms with van der Waals surface area (Å²) in [6.45, 7) is 7.84. The second kappa shape index (κ2) is 14.3.